The van der Waals surface area contributed by atoms with Crippen LogP contribution in [-0.2, 0) is 0 Å². The minimum Gasteiger partial charge on any atom is -0.351 e. The van der Waals surface area contributed by atoms with Gasteiger partial charge in [0.1, 0.15) is 5.69 Å². The van der Waals surface area contributed by atoms with Crippen LogP contribution < -0.4 is 5.32 Å². The van der Waals surface area contributed by atoms with E-state index in [0.717, 1.165) is 10.9 Å². The Morgan fingerprint density at radius 3 is 2.47 bits per heavy atom. The summed E-state index contributed by atoms with van der Waals surface area (Å²) in [6.45, 7) is 10.4. The van der Waals surface area contributed by atoms with Gasteiger partial charge in [0.05, 0.1) is 0 Å². The lowest BCUT2D eigenvalue weighted by Gasteiger charge is -2.16. The Morgan fingerprint density at radius 1 is 1.16 bits per heavy atom. The molecule has 3 nitrogen and oxygen atoms in total. The summed E-state index contributed by atoms with van der Waals surface area (Å²) in [6.07, 6.45) is 0. The van der Waals surface area contributed by atoms with Crippen molar-refractivity contribution in [2.75, 3.05) is 0 Å². The first kappa shape index (κ1) is 13.7. The van der Waals surface area contributed by atoms with E-state index in [1.165, 1.54) is 11.1 Å². The molecular weight excluding hydrogens is 236 g/mol. The molecule has 1 atom stereocenters. The molecule has 1 aromatic carbocycles. The molecule has 0 radical (unpaired) electrons. The van der Waals surface area contributed by atoms with Gasteiger partial charge < -0.3 is 10.3 Å². The Hall–Kier alpha value is -1.77. The average Bonchev–Trinajstić information content (AvgIpc) is 2.72. The topological polar surface area (TPSA) is 44.9 Å². The number of nitrogens with one attached hydrogen (secondary N) is 2. The first-order chi connectivity index (χ1) is 8.88. The van der Waals surface area contributed by atoms with Gasteiger partial charge >= 0.3 is 0 Å². The quantitative estimate of drug-likeness (QED) is 0.868. The van der Waals surface area contributed by atoms with E-state index in [1.807, 2.05) is 13.0 Å². The molecule has 102 valence electrons. The van der Waals surface area contributed by atoms with Crippen LogP contribution in [0.3, 0.4) is 0 Å². The van der Waals surface area contributed by atoms with Gasteiger partial charge in [0.25, 0.3) is 5.91 Å². The molecule has 0 aliphatic carbocycles. The van der Waals surface area contributed by atoms with Crippen LogP contribution in [0.4, 0.5) is 0 Å². The van der Waals surface area contributed by atoms with Gasteiger partial charge in [-0.3, -0.25) is 4.79 Å². The van der Waals surface area contributed by atoms with Gasteiger partial charge in [-0.2, -0.15) is 0 Å². The molecule has 0 bridgehead atoms. The highest BCUT2D eigenvalue weighted by Gasteiger charge is 2.15. The molecule has 19 heavy (non-hydrogen) atoms. The van der Waals surface area contributed by atoms with Gasteiger partial charge in [-0.25, -0.2) is 0 Å². The zero-order valence-corrected chi connectivity index (χ0v) is 12.3. The highest BCUT2D eigenvalue weighted by molar-refractivity contribution is 5.99. The molecule has 2 rings (SSSR count). The Kier molecular flexibility index (Phi) is 3.65. The van der Waals surface area contributed by atoms with Crippen molar-refractivity contribution in [3.8, 4) is 0 Å². The number of aromatic amines is 1. The lowest BCUT2D eigenvalue weighted by molar-refractivity contribution is 0.0926. The number of hydrogen-bond acceptors (Lipinski definition) is 1. The minimum atomic E-state index is -0.0329. The van der Waals surface area contributed by atoms with E-state index in [0.29, 0.717) is 11.6 Å². The van der Waals surface area contributed by atoms with Crippen molar-refractivity contribution in [1.82, 2.24) is 10.3 Å². The molecule has 0 aliphatic rings. The van der Waals surface area contributed by atoms with Gasteiger partial charge in [0.15, 0.2) is 0 Å². The van der Waals surface area contributed by atoms with Gasteiger partial charge in [0, 0.05) is 16.9 Å². The number of aryl methyl sites for hydroxylation is 2. The van der Waals surface area contributed by atoms with Crippen molar-refractivity contribution >= 4 is 16.8 Å². The second kappa shape index (κ2) is 5.08. The van der Waals surface area contributed by atoms with Crippen molar-refractivity contribution < 1.29 is 4.79 Å². The monoisotopic (exact) mass is 258 g/mol. The van der Waals surface area contributed by atoms with Crippen LogP contribution in [0.2, 0.25) is 0 Å². The molecule has 0 saturated carbocycles. The number of hydrogen-bond donors (Lipinski definition) is 2. The highest BCUT2D eigenvalue weighted by Crippen LogP contribution is 2.21. The highest BCUT2D eigenvalue weighted by atomic mass is 16.1. The SMILES string of the molecule is Cc1cc(C)c2cc(C(=O)NC(C)C(C)C)[nH]c2c1. The number of rotatable bonds is 3. The number of amides is 1. The minimum absolute atomic E-state index is 0.0329. The normalized spacial score (nSPS) is 12.9. The smallest absolute Gasteiger partial charge is 0.267 e. The summed E-state index contributed by atoms with van der Waals surface area (Å²) in [7, 11) is 0. The fourth-order valence-electron chi connectivity index (χ4n) is 2.17. The predicted octanol–water partition coefficient (Wildman–Crippen LogP) is 3.56. The summed E-state index contributed by atoms with van der Waals surface area (Å²) in [5.74, 6) is 0.395. The Balaban J connectivity index is 2.31. The van der Waals surface area contributed by atoms with Crippen LogP contribution in [0.5, 0.6) is 0 Å². The van der Waals surface area contributed by atoms with Crippen LogP contribution in [0.1, 0.15) is 42.4 Å². The third-order valence-electron chi connectivity index (χ3n) is 3.69. The fourth-order valence-corrected chi connectivity index (χ4v) is 2.17. The van der Waals surface area contributed by atoms with E-state index < -0.39 is 0 Å². The van der Waals surface area contributed by atoms with Crippen LogP contribution in [0.15, 0.2) is 18.2 Å². The molecule has 0 aliphatic heterocycles. The number of fused-ring (bicyclic) bond motifs is 1. The van der Waals surface area contributed by atoms with Crippen LogP contribution >= 0.6 is 0 Å². The van der Waals surface area contributed by atoms with Crippen molar-refractivity contribution in [2.24, 2.45) is 5.92 Å². The van der Waals surface area contributed by atoms with Crippen LogP contribution in [-0.4, -0.2) is 16.9 Å². The average molecular weight is 258 g/mol. The molecule has 1 heterocycles. The van der Waals surface area contributed by atoms with Crippen molar-refractivity contribution in [2.45, 2.75) is 40.7 Å². The maximum absolute atomic E-state index is 12.2. The maximum atomic E-state index is 12.2. The van der Waals surface area contributed by atoms with Gasteiger partial charge in [-0.1, -0.05) is 19.9 Å². The molecule has 2 aromatic rings. The predicted molar refractivity (Wildman–Crippen MR) is 79.5 cm³/mol. The Bertz CT molecular complexity index is 610. The summed E-state index contributed by atoms with van der Waals surface area (Å²) in [6, 6.07) is 6.31. The maximum Gasteiger partial charge on any atom is 0.267 e. The molecular formula is C16H22N2O. The van der Waals surface area contributed by atoms with Crippen molar-refractivity contribution in [3.05, 3.63) is 35.0 Å². The van der Waals surface area contributed by atoms with E-state index in [1.54, 1.807) is 0 Å². The lowest BCUT2D eigenvalue weighted by Crippen LogP contribution is -2.36. The van der Waals surface area contributed by atoms with Gasteiger partial charge in [-0.05, 0) is 49.9 Å². The van der Waals surface area contributed by atoms with E-state index in [-0.39, 0.29) is 11.9 Å². The van der Waals surface area contributed by atoms with Crippen LogP contribution in [0.25, 0.3) is 10.9 Å². The molecule has 2 N–H and O–H groups in total. The van der Waals surface area contributed by atoms with Crippen molar-refractivity contribution in [1.29, 1.82) is 0 Å². The molecule has 0 fully saturated rings. The number of carbonyl (C=O) groups excluding carboxylic acids is 1. The fraction of sp³-hybridized carbons (Fsp3) is 0.438. The molecule has 0 saturated heterocycles. The van der Waals surface area contributed by atoms with E-state index in [2.05, 4.69) is 50.1 Å². The number of H-pyrrole nitrogens is 1. The summed E-state index contributed by atoms with van der Waals surface area (Å²) in [5, 5.41) is 4.14. The first-order valence-corrected chi connectivity index (χ1v) is 6.79. The van der Waals surface area contributed by atoms with E-state index in [9.17, 15) is 4.79 Å². The third kappa shape index (κ3) is 2.80. The summed E-state index contributed by atoms with van der Waals surface area (Å²) >= 11 is 0. The van der Waals surface area contributed by atoms with Gasteiger partial charge in [-0.15, -0.1) is 0 Å². The summed E-state index contributed by atoms with van der Waals surface area (Å²) in [5.41, 5.74) is 4.06. The summed E-state index contributed by atoms with van der Waals surface area (Å²) in [4.78, 5) is 15.4. The first-order valence-electron chi connectivity index (χ1n) is 6.79. The largest absolute Gasteiger partial charge is 0.351 e. The number of benzene rings is 1. The molecule has 1 aromatic heterocycles. The molecule has 1 unspecified atom stereocenters. The zero-order valence-electron chi connectivity index (χ0n) is 12.3. The molecule has 0 spiro atoms. The Labute approximate surface area is 114 Å². The van der Waals surface area contributed by atoms with Crippen molar-refractivity contribution in [3.63, 3.8) is 0 Å². The second-order valence-corrected chi connectivity index (χ2v) is 5.73. The molecule has 3 heteroatoms. The zero-order chi connectivity index (χ0) is 14.2. The summed E-state index contributed by atoms with van der Waals surface area (Å²) < 4.78 is 0. The molecule has 1 amide bonds. The van der Waals surface area contributed by atoms with Gasteiger partial charge in [0.2, 0.25) is 0 Å². The Morgan fingerprint density at radius 2 is 1.84 bits per heavy atom. The van der Waals surface area contributed by atoms with E-state index >= 15 is 0 Å². The standard InChI is InChI=1S/C16H22N2O/c1-9(2)12(5)17-16(19)15-8-13-11(4)6-10(3)7-14(13)18-15/h6-9,12,18H,1-5H3,(H,17,19). The van der Waals surface area contributed by atoms with Crippen LogP contribution in [0, 0.1) is 19.8 Å². The second-order valence-electron chi connectivity index (χ2n) is 5.73. The number of aromatic nitrogens is 1. The lowest BCUT2D eigenvalue weighted by atomic mass is 10.1. The number of carbonyl (C=O) groups is 1. The van der Waals surface area contributed by atoms with E-state index in [4.69, 9.17) is 0 Å². The third-order valence-corrected chi connectivity index (χ3v) is 3.69.